The lowest BCUT2D eigenvalue weighted by Crippen LogP contribution is -2.16. The van der Waals surface area contributed by atoms with E-state index in [4.69, 9.17) is 21.8 Å². The van der Waals surface area contributed by atoms with Crippen LogP contribution in [0.1, 0.15) is 23.5 Å². The molecule has 1 aromatic rings. The number of aliphatic carboxylic acids is 2. The number of aryl methyl sites for hydroxylation is 1. The molecule has 0 radical (unpaired) electrons. The maximum absolute atomic E-state index is 11.0. The number of hydrogen-bond donors (Lipinski definition) is 2. The highest BCUT2D eigenvalue weighted by atomic mass is 35.5. The predicted molar refractivity (Wildman–Crippen MR) is 58.8 cm³/mol. The fraction of sp³-hybridized carbons (Fsp3) is 0.273. The van der Waals surface area contributed by atoms with Crippen LogP contribution < -0.4 is 0 Å². The number of rotatable bonds is 4. The molecule has 0 aliphatic carbocycles. The number of benzene rings is 1. The van der Waals surface area contributed by atoms with Crippen LogP contribution >= 0.6 is 11.6 Å². The average Bonchev–Trinajstić information content (AvgIpc) is 2.18. The fourth-order valence-corrected chi connectivity index (χ4v) is 1.67. The maximum Gasteiger partial charge on any atom is 0.311 e. The van der Waals surface area contributed by atoms with E-state index in [1.54, 1.807) is 19.1 Å². The summed E-state index contributed by atoms with van der Waals surface area (Å²) in [5.41, 5.74) is 1.17. The Labute approximate surface area is 97.5 Å². The van der Waals surface area contributed by atoms with Crippen molar-refractivity contribution in [2.24, 2.45) is 0 Å². The third kappa shape index (κ3) is 2.97. The van der Waals surface area contributed by atoms with E-state index < -0.39 is 24.3 Å². The summed E-state index contributed by atoms with van der Waals surface area (Å²) in [4.78, 5) is 21.6. The Morgan fingerprint density at radius 3 is 2.50 bits per heavy atom. The van der Waals surface area contributed by atoms with E-state index in [1.807, 2.05) is 0 Å². The van der Waals surface area contributed by atoms with E-state index in [0.717, 1.165) is 5.56 Å². The zero-order chi connectivity index (χ0) is 12.3. The first-order valence-corrected chi connectivity index (χ1v) is 5.00. The minimum atomic E-state index is -1.16. The molecule has 16 heavy (non-hydrogen) atoms. The Morgan fingerprint density at radius 2 is 2.00 bits per heavy atom. The van der Waals surface area contributed by atoms with Crippen LogP contribution in [0.15, 0.2) is 18.2 Å². The van der Waals surface area contributed by atoms with Crippen molar-refractivity contribution in [3.05, 3.63) is 34.3 Å². The molecule has 1 unspecified atom stereocenters. The van der Waals surface area contributed by atoms with Crippen LogP contribution in [0.5, 0.6) is 0 Å². The molecule has 0 saturated heterocycles. The van der Waals surface area contributed by atoms with Crippen LogP contribution in [-0.4, -0.2) is 22.2 Å². The molecule has 5 heteroatoms. The summed E-state index contributed by atoms with van der Waals surface area (Å²) >= 11 is 5.76. The molecule has 0 aliphatic rings. The number of carbonyl (C=O) groups is 2. The number of halogens is 1. The Hall–Kier alpha value is -1.55. The first-order valence-electron chi connectivity index (χ1n) is 4.62. The Morgan fingerprint density at radius 1 is 1.38 bits per heavy atom. The van der Waals surface area contributed by atoms with Crippen molar-refractivity contribution in [1.29, 1.82) is 0 Å². The molecule has 1 atom stereocenters. The molecule has 0 heterocycles. The summed E-state index contributed by atoms with van der Waals surface area (Å²) < 4.78 is 0. The van der Waals surface area contributed by atoms with Gasteiger partial charge in [-0.15, -0.1) is 0 Å². The third-order valence-electron chi connectivity index (χ3n) is 2.29. The van der Waals surface area contributed by atoms with E-state index in [0.29, 0.717) is 10.6 Å². The van der Waals surface area contributed by atoms with Crippen LogP contribution in [0.4, 0.5) is 0 Å². The lowest BCUT2D eigenvalue weighted by Gasteiger charge is -2.13. The van der Waals surface area contributed by atoms with Crippen molar-refractivity contribution >= 4 is 23.5 Å². The monoisotopic (exact) mass is 242 g/mol. The summed E-state index contributed by atoms with van der Waals surface area (Å²) in [6.07, 6.45) is -0.448. The SMILES string of the molecule is Cc1ccc(Cl)cc1C(CC(=O)O)C(=O)O. The van der Waals surface area contributed by atoms with Gasteiger partial charge < -0.3 is 10.2 Å². The Bertz CT molecular complexity index is 428. The zero-order valence-electron chi connectivity index (χ0n) is 8.61. The fourth-order valence-electron chi connectivity index (χ4n) is 1.49. The van der Waals surface area contributed by atoms with Gasteiger partial charge in [0.2, 0.25) is 0 Å². The highest BCUT2D eigenvalue weighted by molar-refractivity contribution is 6.30. The molecule has 1 rings (SSSR count). The number of carboxylic acid groups (broad SMARTS) is 2. The second kappa shape index (κ2) is 4.99. The topological polar surface area (TPSA) is 74.6 Å². The molecule has 0 bridgehead atoms. The van der Waals surface area contributed by atoms with Gasteiger partial charge in [-0.1, -0.05) is 17.7 Å². The Balaban J connectivity index is 3.14. The van der Waals surface area contributed by atoms with Crippen LogP contribution in [0.25, 0.3) is 0 Å². The smallest absolute Gasteiger partial charge is 0.311 e. The molecule has 2 N–H and O–H groups in total. The second-order valence-electron chi connectivity index (χ2n) is 3.49. The second-order valence-corrected chi connectivity index (χ2v) is 3.93. The molecule has 0 fully saturated rings. The zero-order valence-corrected chi connectivity index (χ0v) is 9.36. The van der Waals surface area contributed by atoms with Crippen molar-refractivity contribution in [3.8, 4) is 0 Å². The van der Waals surface area contributed by atoms with Crippen molar-refractivity contribution in [2.75, 3.05) is 0 Å². The van der Waals surface area contributed by atoms with Crippen molar-refractivity contribution in [3.63, 3.8) is 0 Å². The predicted octanol–water partition coefficient (Wildman–Crippen LogP) is 2.29. The molecule has 0 amide bonds. The van der Waals surface area contributed by atoms with Gasteiger partial charge in [-0.2, -0.15) is 0 Å². The van der Waals surface area contributed by atoms with Gasteiger partial charge in [-0.25, -0.2) is 0 Å². The minimum absolute atomic E-state index is 0.400. The molecule has 4 nitrogen and oxygen atoms in total. The van der Waals surface area contributed by atoms with Gasteiger partial charge >= 0.3 is 11.9 Å². The van der Waals surface area contributed by atoms with Crippen molar-refractivity contribution in [2.45, 2.75) is 19.3 Å². The van der Waals surface area contributed by atoms with Gasteiger partial charge in [0, 0.05) is 5.02 Å². The third-order valence-corrected chi connectivity index (χ3v) is 2.53. The molecule has 0 spiro atoms. The Kier molecular flexibility index (Phi) is 3.90. The summed E-state index contributed by atoms with van der Waals surface area (Å²) in [6.45, 7) is 1.73. The first-order chi connectivity index (χ1) is 7.41. The maximum atomic E-state index is 11.0. The van der Waals surface area contributed by atoms with E-state index in [1.165, 1.54) is 6.07 Å². The summed E-state index contributed by atoms with van der Waals surface area (Å²) in [7, 11) is 0. The van der Waals surface area contributed by atoms with Gasteiger partial charge in [-0.3, -0.25) is 9.59 Å². The van der Waals surface area contributed by atoms with Crippen molar-refractivity contribution in [1.82, 2.24) is 0 Å². The van der Waals surface area contributed by atoms with Crippen LogP contribution in [-0.2, 0) is 9.59 Å². The summed E-state index contributed by atoms with van der Waals surface area (Å²) in [5.74, 6) is -3.37. The quantitative estimate of drug-likeness (QED) is 0.850. The number of carboxylic acids is 2. The lowest BCUT2D eigenvalue weighted by molar-refractivity contribution is -0.145. The van der Waals surface area contributed by atoms with E-state index in [2.05, 4.69) is 0 Å². The van der Waals surface area contributed by atoms with Crippen molar-refractivity contribution < 1.29 is 19.8 Å². The first kappa shape index (κ1) is 12.5. The summed E-state index contributed by atoms with van der Waals surface area (Å²) in [5, 5.41) is 18.0. The van der Waals surface area contributed by atoms with Crippen LogP contribution in [0, 0.1) is 6.92 Å². The van der Waals surface area contributed by atoms with E-state index in [-0.39, 0.29) is 0 Å². The summed E-state index contributed by atoms with van der Waals surface area (Å²) in [6, 6.07) is 4.81. The molecule has 0 saturated carbocycles. The van der Waals surface area contributed by atoms with Crippen LogP contribution in [0.2, 0.25) is 5.02 Å². The number of hydrogen-bond acceptors (Lipinski definition) is 2. The van der Waals surface area contributed by atoms with Gasteiger partial charge in [0.1, 0.15) is 0 Å². The molecule has 86 valence electrons. The largest absolute Gasteiger partial charge is 0.481 e. The standard InChI is InChI=1S/C11H11ClO4/c1-6-2-3-7(12)4-8(6)9(11(15)16)5-10(13)14/h2-4,9H,5H2,1H3,(H,13,14)(H,15,16). The average molecular weight is 243 g/mol. The van der Waals surface area contributed by atoms with Gasteiger partial charge in [0.15, 0.2) is 0 Å². The van der Waals surface area contributed by atoms with Gasteiger partial charge in [0.25, 0.3) is 0 Å². The molecule has 0 aliphatic heterocycles. The van der Waals surface area contributed by atoms with Gasteiger partial charge in [0.05, 0.1) is 12.3 Å². The molecule has 1 aromatic carbocycles. The minimum Gasteiger partial charge on any atom is -0.481 e. The highest BCUT2D eigenvalue weighted by Crippen LogP contribution is 2.26. The van der Waals surface area contributed by atoms with Gasteiger partial charge in [-0.05, 0) is 30.2 Å². The van der Waals surface area contributed by atoms with E-state index >= 15 is 0 Å². The molecular formula is C11H11ClO4. The normalized spacial score (nSPS) is 12.1. The van der Waals surface area contributed by atoms with Crippen LogP contribution in [0.3, 0.4) is 0 Å². The highest BCUT2D eigenvalue weighted by Gasteiger charge is 2.24. The molecule has 0 aromatic heterocycles. The van der Waals surface area contributed by atoms with E-state index in [9.17, 15) is 9.59 Å². The molecular weight excluding hydrogens is 232 g/mol. The lowest BCUT2D eigenvalue weighted by atomic mass is 9.92.